The Kier molecular flexibility index (Phi) is 10.5. The average Bonchev–Trinajstić information content (AvgIpc) is 2.88. The summed E-state index contributed by atoms with van der Waals surface area (Å²) in [6.07, 6.45) is 0.505. The lowest BCUT2D eigenvalue weighted by molar-refractivity contribution is -0.224. The van der Waals surface area contributed by atoms with Gasteiger partial charge in [0.15, 0.2) is 12.2 Å². The summed E-state index contributed by atoms with van der Waals surface area (Å²) in [5, 5.41) is 2.73. The second-order valence-electron chi connectivity index (χ2n) is 12.6. The Bertz CT molecular complexity index is 1120. The van der Waals surface area contributed by atoms with E-state index in [1.807, 2.05) is 0 Å². The molecular formula is C30H43NO12S. The van der Waals surface area contributed by atoms with E-state index in [9.17, 15) is 28.8 Å². The van der Waals surface area contributed by atoms with Crippen molar-refractivity contribution >= 4 is 47.5 Å². The van der Waals surface area contributed by atoms with Crippen LogP contribution in [-0.4, -0.2) is 89.6 Å². The highest BCUT2D eigenvalue weighted by atomic mass is 32.2. The Morgan fingerprint density at radius 1 is 0.818 bits per heavy atom. The van der Waals surface area contributed by atoms with Crippen LogP contribution in [0.15, 0.2) is 0 Å². The van der Waals surface area contributed by atoms with E-state index in [-0.39, 0.29) is 11.2 Å². The van der Waals surface area contributed by atoms with Crippen molar-refractivity contribution in [2.75, 3.05) is 13.7 Å². The molecule has 4 bridgehead atoms. The summed E-state index contributed by atoms with van der Waals surface area (Å²) in [6.45, 7) is 5.34. The van der Waals surface area contributed by atoms with Gasteiger partial charge in [-0.3, -0.25) is 24.0 Å². The monoisotopic (exact) mass is 641 g/mol. The molecule has 44 heavy (non-hydrogen) atoms. The van der Waals surface area contributed by atoms with E-state index in [1.165, 1.54) is 32.7 Å². The maximum atomic E-state index is 13.9. The quantitative estimate of drug-likeness (QED) is 0.258. The lowest BCUT2D eigenvalue weighted by Crippen LogP contribution is -2.68. The Morgan fingerprint density at radius 2 is 1.39 bits per heavy atom. The van der Waals surface area contributed by atoms with Crippen LogP contribution in [0.1, 0.15) is 79.6 Å². The molecule has 1 N–H and O–H groups in total. The molecule has 13 nitrogen and oxygen atoms in total. The fraction of sp³-hybridized carbons (Fsp3) is 0.800. The van der Waals surface area contributed by atoms with Crippen molar-refractivity contribution in [1.29, 1.82) is 0 Å². The molecule has 0 radical (unpaired) electrons. The van der Waals surface area contributed by atoms with Crippen LogP contribution in [0.5, 0.6) is 0 Å². The first-order chi connectivity index (χ1) is 20.6. The zero-order valence-electron chi connectivity index (χ0n) is 26.1. The number of ether oxygens (including phenoxy) is 6. The first-order valence-corrected chi connectivity index (χ1v) is 15.8. The molecular weight excluding hydrogens is 598 g/mol. The number of rotatable bonds is 11. The van der Waals surface area contributed by atoms with Crippen LogP contribution in [0, 0.1) is 17.8 Å². The number of hydrogen-bond donors (Lipinski definition) is 1. The molecule has 1 heterocycles. The predicted molar refractivity (Wildman–Crippen MR) is 154 cm³/mol. The van der Waals surface area contributed by atoms with Gasteiger partial charge >= 0.3 is 29.8 Å². The summed E-state index contributed by atoms with van der Waals surface area (Å²) < 4.78 is 33.7. The highest BCUT2D eigenvalue weighted by molar-refractivity contribution is 8.02. The highest BCUT2D eigenvalue weighted by Gasteiger charge is 2.63. The summed E-state index contributed by atoms with van der Waals surface area (Å²) in [7, 11) is 1.23. The molecule has 246 valence electrons. The molecule has 5 rings (SSSR count). The van der Waals surface area contributed by atoms with E-state index in [0.717, 1.165) is 59.3 Å². The summed E-state index contributed by atoms with van der Waals surface area (Å²) in [4.78, 5) is 73.4. The van der Waals surface area contributed by atoms with E-state index in [2.05, 4.69) is 5.32 Å². The van der Waals surface area contributed by atoms with Crippen molar-refractivity contribution in [3.8, 4) is 0 Å². The molecule has 0 aromatic carbocycles. The maximum absolute atomic E-state index is 13.9. The van der Waals surface area contributed by atoms with Gasteiger partial charge in [0, 0.05) is 45.8 Å². The lowest BCUT2D eigenvalue weighted by atomic mass is 9.56. The van der Waals surface area contributed by atoms with Crippen molar-refractivity contribution in [3.05, 3.63) is 0 Å². The standard InChI is InChI=1S/C30H43NO12S/c1-15(32)31-25-23(40-17(3)34)13-30(28(37)38-6,44-29-10-20-7-21(11-29)9-22(8-20)12-29)43-27(25)26(42-19(5)36)24(41-18(4)35)14-39-16(2)33/h20-27H,7-14H2,1-6H3,(H,31,32)/t20?,21?,22?,23-,24+,25+,26+,27+,29?,30-/m0/s1. The minimum absolute atomic E-state index is 0.165. The third kappa shape index (κ3) is 7.85. The summed E-state index contributed by atoms with van der Waals surface area (Å²) in [5.41, 5.74) is 0. The second kappa shape index (κ2) is 13.6. The Morgan fingerprint density at radius 3 is 1.84 bits per heavy atom. The van der Waals surface area contributed by atoms with Crippen LogP contribution in [0.3, 0.4) is 0 Å². The van der Waals surface area contributed by atoms with Crippen LogP contribution in [0.2, 0.25) is 0 Å². The van der Waals surface area contributed by atoms with Crippen molar-refractivity contribution in [3.63, 3.8) is 0 Å². The van der Waals surface area contributed by atoms with Crippen LogP contribution < -0.4 is 5.32 Å². The number of thioether (sulfide) groups is 1. The van der Waals surface area contributed by atoms with Gasteiger partial charge in [0.1, 0.15) is 18.8 Å². The molecule has 5 aliphatic rings. The van der Waals surface area contributed by atoms with E-state index in [4.69, 9.17) is 28.4 Å². The van der Waals surface area contributed by atoms with E-state index < -0.39 is 77.8 Å². The van der Waals surface area contributed by atoms with Gasteiger partial charge in [-0.05, 0) is 56.3 Å². The van der Waals surface area contributed by atoms with Gasteiger partial charge in [-0.2, -0.15) is 0 Å². The number of methoxy groups -OCH3 is 1. The Hall–Kier alpha value is -2.87. The fourth-order valence-corrected chi connectivity index (χ4v) is 10.2. The SMILES string of the molecule is COC(=O)[C@@]1(SC23CC4CC(CC(C4)C2)C3)C[C@H](OC(C)=O)[C@@H](NC(C)=O)[C@H]([C@H](OC(C)=O)[C@@H](COC(C)=O)OC(C)=O)O1. The number of carbonyl (C=O) groups excluding carboxylic acids is 6. The van der Waals surface area contributed by atoms with Gasteiger partial charge in [-0.15, -0.1) is 11.8 Å². The molecule has 1 saturated heterocycles. The Labute approximate surface area is 261 Å². The number of amides is 1. The van der Waals surface area contributed by atoms with E-state index in [1.54, 1.807) is 0 Å². The van der Waals surface area contributed by atoms with Crippen LogP contribution in [0.4, 0.5) is 0 Å². The van der Waals surface area contributed by atoms with Gasteiger partial charge in [0.05, 0.1) is 13.2 Å². The van der Waals surface area contributed by atoms with Crippen molar-refractivity contribution in [2.24, 2.45) is 17.8 Å². The average molecular weight is 642 g/mol. The minimum Gasteiger partial charge on any atom is -0.466 e. The van der Waals surface area contributed by atoms with Crippen molar-refractivity contribution in [2.45, 2.75) is 120 Å². The van der Waals surface area contributed by atoms with Gasteiger partial charge in [-0.25, -0.2) is 4.79 Å². The zero-order valence-corrected chi connectivity index (χ0v) is 26.9. The topological polar surface area (TPSA) is 170 Å². The fourth-order valence-electron chi connectivity index (χ4n) is 8.01. The molecule has 0 unspecified atom stereocenters. The predicted octanol–water partition coefficient (Wildman–Crippen LogP) is 2.21. The zero-order chi connectivity index (χ0) is 32.4. The smallest absolute Gasteiger partial charge is 0.349 e. The molecule has 4 saturated carbocycles. The molecule has 1 amide bonds. The number of esters is 5. The molecule has 5 fully saturated rings. The molecule has 0 spiro atoms. The molecule has 14 heteroatoms. The first kappa shape index (κ1) is 34.0. The molecule has 6 atom stereocenters. The first-order valence-electron chi connectivity index (χ1n) is 15.0. The lowest BCUT2D eigenvalue weighted by Gasteiger charge is -2.59. The molecule has 4 aliphatic carbocycles. The highest BCUT2D eigenvalue weighted by Crippen LogP contribution is 2.64. The van der Waals surface area contributed by atoms with E-state index in [0.29, 0.717) is 17.8 Å². The number of nitrogens with one attached hydrogen (secondary N) is 1. The van der Waals surface area contributed by atoms with Crippen LogP contribution in [0.25, 0.3) is 0 Å². The van der Waals surface area contributed by atoms with E-state index >= 15 is 0 Å². The van der Waals surface area contributed by atoms with Crippen molar-refractivity contribution < 1.29 is 57.2 Å². The van der Waals surface area contributed by atoms with Crippen molar-refractivity contribution in [1.82, 2.24) is 5.32 Å². The third-order valence-electron chi connectivity index (χ3n) is 8.86. The largest absolute Gasteiger partial charge is 0.466 e. The normalized spacial score (nSPS) is 35.0. The van der Waals surface area contributed by atoms with Crippen LogP contribution in [-0.2, 0) is 57.2 Å². The van der Waals surface area contributed by atoms with Gasteiger partial charge in [0.2, 0.25) is 10.8 Å². The van der Waals surface area contributed by atoms with Gasteiger partial charge < -0.3 is 33.7 Å². The third-order valence-corrected chi connectivity index (χ3v) is 10.6. The molecule has 0 aromatic heterocycles. The maximum Gasteiger partial charge on any atom is 0.349 e. The minimum atomic E-state index is -1.75. The Balaban J connectivity index is 1.83. The molecule has 0 aromatic rings. The number of hydrogen-bond acceptors (Lipinski definition) is 13. The summed E-state index contributed by atoms with van der Waals surface area (Å²) >= 11 is 1.36. The van der Waals surface area contributed by atoms with Crippen LogP contribution >= 0.6 is 11.8 Å². The van der Waals surface area contributed by atoms with Gasteiger partial charge in [-0.1, -0.05) is 0 Å². The van der Waals surface area contributed by atoms with Gasteiger partial charge in [0.25, 0.3) is 0 Å². The molecule has 1 aliphatic heterocycles. The second-order valence-corrected chi connectivity index (χ2v) is 14.4. The summed E-state index contributed by atoms with van der Waals surface area (Å²) in [5.74, 6) is -2.59. The number of carbonyl (C=O) groups is 6. The summed E-state index contributed by atoms with van der Waals surface area (Å²) in [6, 6.07) is -1.16.